The van der Waals surface area contributed by atoms with Crippen LogP contribution in [0.25, 0.3) is 0 Å². The predicted octanol–water partition coefficient (Wildman–Crippen LogP) is 1.65. The maximum absolute atomic E-state index is 12.8. The molecule has 3 nitrogen and oxygen atoms in total. The van der Waals surface area contributed by atoms with Crippen molar-refractivity contribution in [2.24, 2.45) is 5.92 Å². The normalized spacial score (nSPS) is 27.1. The van der Waals surface area contributed by atoms with Gasteiger partial charge >= 0.3 is 0 Å². The van der Waals surface area contributed by atoms with Crippen molar-refractivity contribution in [1.29, 1.82) is 0 Å². The van der Waals surface area contributed by atoms with Gasteiger partial charge in [0.15, 0.2) is 0 Å². The minimum Gasteiger partial charge on any atom is -0.338 e. The van der Waals surface area contributed by atoms with E-state index in [1.807, 2.05) is 4.90 Å². The van der Waals surface area contributed by atoms with Crippen LogP contribution in [-0.4, -0.2) is 36.5 Å². The summed E-state index contributed by atoms with van der Waals surface area (Å²) in [5.74, 6) is 0.314. The Bertz CT molecular complexity index is 446. The lowest BCUT2D eigenvalue weighted by Gasteiger charge is -2.34. The summed E-state index contributed by atoms with van der Waals surface area (Å²) in [6.45, 7) is 2.69. The SMILES string of the molecule is O=C(c1ccc(F)cc1)N1CCC2NCCC2C1. The number of carbonyl (C=O) groups is 1. The van der Waals surface area contributed by atoms with Crippen LogP contribution in [0.15, 0.2) is 24.3 Å². The van der Waals surface area contributed by atoms with E-state index in [4.69, 9.17) is 0 Å². The monoisotopic (exact) mass is 248 g/mol. The smallest absolute Gasteiger partial charge is 0.253 e. The fraction of sp³-hybridized carbons (Fsp3) is 0.500. The number of halogens is 1. The number of fused-ring (bicyclic) bond motifs is 1. The zero-order valence-corrected chi connectivity index (χ0v) is 10.2. The molecule has 2 unspecified atom stereocenters. The summed E-state index contributed by atoms with van der Waals surface area (Å²) in [6, 6.07) is 6.41. The molecule has 1 N–H and O–H groups in total. The van der Waals surface area contributed by atoms with Crippen LogP contribution in [0.2, 0.25) is 0 Å². The second kappa shape index (κ2) is 4.69. The summed E-state index contributed by atoms with van der Waals surface area (Å²) in [4.78, 5) is 14.2. The quantitative estimate of drug-likeness (QED) is 0.819. The summed E-state index contributed by atoms with van der Waals surface area (Å²) < 4.78 is 12.8. The number of nitrogens with one attached hydrogen (secondary N) is 1. The van der Waals surface area contributed by atoms with E-state index in [-0.39, 0.29) is 11.7 Å². The number of piperidine rings is 1. The molecule has 0 spiro atoms. The zero-order valence-electron chi connectivity index (χ0n) is 10.2. The topological polar surface area (TPSA) is 32.3 Å². The first-order valence-corrected chi connectivity index (χ1v) is 6.52. The van der Waals surface area contributed by atoms with E-state index in [2.05, 4.69) is 5.32 Å². The molecule has 2 atom stereocenters. The van der Waals surface area contributed by atoms with Crippen LogP contribution in [0, 0.1) is 11.7 Å². The molecule has 1 aromatic rings. The number of hydrogen-bond donors (Lipinski definition) is 1. The minimum atomic E-state index is -0.301. The lowest BCUT2D eigenvalue weighted by molar-refractivity contribution is 0.0662. The molecule has 0 radical (unpaired) electrons. The van der Waals surface area contributed by atoms with Crippen molar-refractivity contribution in [3.8, 4) is 0 Å². The van der Waals surface area contributed by atoms with Crippen LogP contribution in [0.4, 0.5) is 4.39 Å². The first kappa shape index (κ1) is 11.7. The summed E-state index contributed by atoms with van der Waals surface area (Å²) in [5.41, 5.74) is 0.584. The third-order valence-corrected chi connectivity index (χ3v) is 4.03. The average molecular weight is 248 g/mol. The standard InChI is InChI=1S/C14H17FN2O/c15-12-3-1-10(2-4-12)14(18)17-8-6-13-11(9-17)5-7-16-13/h1-4,11,13,16H,5-9H2. The molecule has 2 aliphatic heterocycles. The van der Waals surface area contributed by atoms with Crippen molar-refractivity contribution < 1.29 is 9.18 Å². The van der Waals surface area contributed by atoms with Gasteiger partial charge in [0, 0.05) is 24.7 Å². The van der Waals surface area contributed by atoms with E-state index in [1.54, 1.807) is 12.1 Å². The van der Waals surface area contributed by atoms with Crippen LogP contribution in [-0.2, 0) is 0 Å². The zero-order chi connectivity index (χ0) is 12.5. The Morgan fingerprint density at radius 1 is 1.28 bits per heavy atom. The summed E-state index contributed by atoms with van der Waals surface area (Å²) in [5, 5.41) is 3.48. The maximum atomic E-state index is 12.8. The Morgan fingerprint density at radius 2 is 2.06 bits per heavy atom. The van der Waals surface area contributed by atoms with E-state index >= 15 is 0 Å². The highest BCUT2D eigenvalue weighted by Gasteiger charge is 2.34. The van der Waals surface area contributed by atoms with Gasteiger partial charge in [-0.3, -0.25) is 4.79 Å². The Hall–Kier alpha value is -1.42. The van der Waals surface area contributed by atoms with E-state index < -0.39 is 0 Å². The third kappa shape index (κ3) is 2.12. The van der Waals surface area contributed by atoms with Crippen molar-refractivity contribution in [3.05, 3.63) is 35.6 Å². The van der Waals surface area contributed by atoms with Gasteiger partial charge in [-0.25, -0.2) is 4.39 Å². The summed E-state index contributed by atoms with van der Waals surface area (Å²) in [7, 11) is 0. The highest BCUT2D eigenvalue weighted by Crippen LogP contribution is 2.25. The first-order chi connectivity index (χ1) is 8.74. The highest BCUT2D eigenvalue weighted by molar-refractivity contribution is 5.94. The van der Waals surface area contributed by atoms with Crippen LogP contribution in [0.5, 0.6) is 0 Å². The predicted molar refractivity (Wildman–Crippen MR) is 66.8 cm³/mol. The Kier molecular flexibility index (Phi) is 3.04. The summed E-state index contributed by atoms with van der Waals surface area (Å²) >= 11 is 0. The fourth-order valence-corrected chi connectivity index (χ4v) is 3.01. The fourth-order valence-electron chi connectivity index (χ4n) is 3.01. The molecule has 18 heavy (non-hydrogen) atoms. The van der Waals surface area contributed by atoms with E-state index in [9.17, 15) is 9.18 Å². The number of amides is 1. The van der Waals surface area contributed by atoms with Crippen LogP contribution in [0.1, 0.15) is 23.2 Å². The van der Waals surface area contributed by atoms with Crippen molar-refractivity contribution in [1.82, 2.24) is 10.2 Å². The van der Waals surface area contributed by atoms with Gasteiger partial charge in [0.05, 0.1) is 0 Å². The molecule has 0 aromatic heterocycles. The number of rotatable bonds is 1. The van der Waals surface area contributed by atoms with Gasteiger partial charge in [0.25, 0.3) is 5.91 Å². The van der Waals surface area contributed by atoms with E-state index in [0.717, 1.165) is 32.5 Å². The van der Waals surface area contributed by atoms with Gasteiger partial charge < -0.3 is 10.2 Å². The highest BCUT2D eigenvalue weighted by atomic mass is 19.1. The lowest BCUT2D eigenvalue weighted by atomic mass is 9.93. The van der Waals surface area contributed by atoms with Crippen LogP contribution >= 0.6 is 0 Å². The second-order valence-electron chi connectivity index (χ2n) is 5.16. The first-order valence-electron chi connectivity index (χ1n) is 6.52. The van der Waals surface area contributed by atoms with Crippen molar-refractivity contribution in [2.75, 3.05) is 19.6 Å². The number of hydrogen-bond acceptors (Lipinski definition) is 2. The van der Waals surface area contributed by atoms with E-state index in [0.29, 0.717) is 17.5 Å². The number of likely N-dealkylation sites (tertiary alicyclic amines) is 1. The maximum Gasteiger partial charge on any atom is 0.253 e. The molecule has 1 amide bonds. The van der Waals surface area contributed by atoms with Gasteiger partial charge in [-0.05, 0) is 49.6 Å². The third-order valence-electron chi connectivity index (χ3n) is 4.03. The molecular formula is C14H17FN2O. The van der Waals surface area contributed by atoms with Crippen molar-refractivity contribution in [2.45, 2.75) is 18.9 Å². The van der Waals surface area contributed by atoms with Gasteiger partial charge in [0.1, 0.15) is 5.82 Å². The Labute approximate surface area is 106 Å². The molecule has 4 heteroatoms. The Morgan fingerprint density at radius 3 is 2.83 bits per heavy atom. The van der Waals surface area contributed by atoms with Gasteiger partial charge in [-0.2, -0.15) is 0 Å². The van der Waals surface area contributed by atoms with Gasteiger partial charge in [0.2, 0.25) is 0 Å². The van der Waals surface area contributed by atoms with Gasteiger partial charge in [-0.15, -0.1) is 0 Å². The number of nitrogens with zero attached hydrogens (tertiary/aromatic N) is 1. The molecule has 1 aromatic carbocycles. The molecule has 0 saturated carbocycles. The molecule has 2 aliphatic rings. The Balaban J connectivity index is 1.71. The van der Waals surface area contributed by atoms with Gasteiger partial charge in [-0.1, -0.05) is 0 Å². The molecule has 0 aliphatic carbocycles. The lowest BCUT2D eigenvalue weighted by Crippen LogP contribution is -2.46. The molecule has 2 fully saturated rings. The second-order valence-corrected chi connectivity index (χ2v) is 5.16. The van der Waals surface area contributed by atoms with Crippen molar-refractivity contribution in [3.63, 3.8) is 0 Å². The number of carbonyl (C=O) groups excluding carboxylic acids is 1. The molecular weight excluding hydrogens is 231 g/mol. The number of benzene rings is 1. The molecule has 3 rings (SSSR count). The van der Waals surface area contributed by atoms with Crippen LogP contribution < -0.4 is 5.32 Å². The largest absolute Gasteiger partial charge is 0.338 e. The molecule has 2 saturated heterocycles. The molecule has 2 heterocycles. The average Bonchev–Trinajstić information content (AvgIpc) is 2.86. The van der Waals surface area contributed by atoms with Crippen molar-refractivity contribution >= 4 is 5.91 Å². The minimum absolute atomic E-state index is 0.0281. The van der Waals surface area contributed by atoms with Crippen LogP contribution in [0.3, 0.4) is 0 Å². The summed E-state index contributed by atoms with van der Waals surface area (Å²) in [6.07, 6.45) is 2.18. The molecule has 0 bridgehead atoms. The molecule has 96 valence electrons. The van der Waals surface area contributed by atoms with E-state index in [1.165, 1.54) is 12.1 Å².